The van der Waals surface area contributed by atoms with Gasteiger partial charge in [-0.05, 0) is 25.8 Å². The Bertz CT molecular complexity index is 337. The molecule has 0 aromatic rings. The summed E-state index contributed by atoms with van der Waals surface area (Å²) in [6, 6.07) is -0.458. The maximum Gasteiger partial charge on any atom is 0.152 e. The summed E-state index contributed by atoms with van der Waals surface area (Å²) in [5, 5.41) is -0.591. The first kappa shape index (κ1) is 12.5. The van der Waals surface area contributed by atoms with Gasteiger partial charge in [0.15, 0.2) is 9.84 Å². The summed E-state index contributed by atoms with van der Waals surface area (Å²) in [5.41, 5.74) is 2.51. The number of allylic oxidation sites excluding steroid dienone is 1. The molecule has 0 bridgehead atoms. The van der Waals surface area contributed by atoms with Crippen LogP contribution in [0.2, 0.25) is 0 Å². The van der Waals surface area contributed by atoms with Crippen LogP contribution in [0.3, 0.4) is 0 Å². The van der Waals surface area contributed by atoms with Crippen molar-refractivity contribution in [2.45, 2.75) is 31.1 Å². The topological polar surface area (TPSA) is 81.4 Å². The van der Waals surface area contributed by atoms with E-state index in [0.29, 0.717) is 12.4 Å². The minimum atomic E-state index is -3.13. The highest BCUT2D eigenvalue weighted by atomic mass is 32.2. The highest BCUT2D eigenvalue weighted by Crippen LogP contribution is 2.18. The standard InChI is InChI=1S/C9H18N2O3S/c1-7(15(2,12)13)9(11-10)8-5-3-4-6-14-8/h5,7,9,11H,3-4,6,10H2,1-2H3. The van der Waals surface area contributed by atoms with Crippen molar-refractivity contribution in [2.75, 3.05) is 12.9 Å². The van der Waals surface area contributed by atoms with E-state index in [0.717, 1.165) is 12.8 Å². The first-order chi connectivity index (χ1) is 6.96. The van der Waals surface area contributed by atoms with Crippen molar-refractivity contribution in [2.24, 2.45) is 5.84 Å². The van der Waals surface area contributed by atoms with Gasteiger partial charge in [-0.3, -0.25) is 5.84 Å². The van der Waals surface area contributed by atoms with Crippen LogP contribution in [0.4, 0.5) is 0 Å². The zero-order valence-electron chi connectivity index (χ0n) is 9.06. The van der Waals surface area contributed by atoms with Gasteiger partial charge in [0.2, 0.25) is 0 Å². The van der Waals surface area contributed by atoms with Crippen LogP contribution in [-0.2, 0) is 14.6 Å². The van der Waals surface area contributed by atoms with Crippen molar-refractivity contribution in [3.05, 3.63) is 11.8 Å². The molecule has 1 aliphatic heterocycles. The fraction of sp³-hybridized carbons (Fsp3) is 0.778. The normalized spacial score (nSPS) is 21.4. The molecule has 5 nitrogen and oxygen atoms in total. The number of nitrogens with two attached hydrogens (primary N) is 1. The molecule has 0 amide bonds. The van der Waals surface area contributed by atoms with E-state index in [1.165, 1.54) is 6.26 Å². The summed E-state index contributed by atoms with van der Waals surface area (Å²) in [6.07, 6.45) is 4.97. The third kappa shape index (κ3) is 3.19. The highest BCUT2D eigenvalue weighted by Gasteiger charge is 2.29. The van der Waals surface area contributed by atoms with E-state index in [-0.39, 0.29) is 0 Å². The molecular formula is C9H18N2O3S. The largest absolute Gasteiger partial charge is 0.496 e. The number of sulfone groups is 1. The summed E-state index contributed by atoms with van der Waals surface area (Å²) in [6.45, 7) is 2.25. The smallest absolute Gasteiger partial charge is 0.152 e. The third-order valence-electron chi connectivity index (χ3n) is 2.59. The molecule has 1 aliphatic rings. The maximum atomic E-state index is 11.4. The Morgan fingerprint density at radius 1 is 1.60 bits per heavy atom. The summed E-state index contributed by atoms with van der Waals surface area (Å²) in [7, 11) is -3.13. The quantitative estimate of drug-likeness (QED) is 0.526. The van der Waals surface area contributed by atoms with Gasteiger partial charge in [-0.1, -0.05) is 0 Å². The Labute approximate surface area is 90.6 Å². The number of ether oxygens (including phenoxy) is 1. The summed E-state index contributed by atoms with van der Waals surface area (Å²) < 4.78 is 28.2. The first-order valence-electron chi connectivity index (χ1n) is 4.94. The van der Waals surface area contributed by atoms with E-state index < -0.39 is 21.1 Å². The van der Waals surface area contributed by atoms with E-state index in [1.807, 2.05) is 6.08 Å². The minimum absolute atomic E-state index is 0.458. The van der Waals surface area contributed by atoms with Gasteiger partial charge in [-0.15, -0.1) is 0 Å². The lowest BCUT2D eigenvalue weighted by atomic mass is 10.1. The Hall–Kier alpha value is -0.590. The second-order valence-electron chi connectivity index (χ2n) is 3.78. The van der Waals surface area contributed by atoms with E-state index in [9.17, 15) is 8.42 Å². The van der Waals surface area contributed by atoms with Crippen LogP contribution < -0.4 is 11.3 Å². The second kappa shape index (κ2) is 4.96. The van der Waals surface area contributed by atoms with Gasteiger partial charge in [0.05, 0.1) is 17.9 Å². The van der Waals surface area contributed by atoms with Gasteiger partial charge in [-0.25, -0.2) is 13.8 Å². The third-order valence-corrected chi connectivity index (χ3v) is 4.22. The molecular weight excluding hydrogens is 216 g/mol. The number of hydrazine groups is 1. The van der Waals surface area contributed by atoms with Crippen LogP contribution in [0, 0.1) is 0 Å². The molecule has 15 heavy (non-hydrogen) atoms. The first-order valence-corrected chi connectivity index (χ1v) is 6.90. The lowest BCUT2D eigenvalue weighted by Crippen LogP contribution is -2.48. The van der Waals surface area contributed by atoms with Gasteiger partial charge in [0.1, 0.15) is 5.76 Å². The van der Waals surface area contributed by atoms with Gasteiger partial charge < -0.3 is 4.74 Å². The van der Waals surface area contributed by atoms with Crippen molar-refractivity contribution >= 4 is 9.84 Å². The van der Waals surface area contributed by atoms with Gasteiger partial charge in [0, 0.05) is 6.26 Å². The molecule has 0 aromatic heterocycles. The lowest BCUT2D eigenvalue weighted by Gasteiger charge is -2.26. The van der Waals surface area contributed by atoms with Crippen molar-refractivity contribution in [1.29, 1.82) is 0 Å². The molecule has 6 heteroatoms. The molecule has 2 atom stereocenters. The molecule has 0 aliphatic carbocycles. The molecule has 0 fully saturated rings. The van der Waals surface area contributed by atoms with E-state index in [2.05, 4.69) is 5.43 Å². The molecule has 0 radical (unpaired) electrons. The monoisotopic (exact) mass is 234 g/mol. The van der Waals surface area contributed by atoms with E-state index in [4.69, 9.17) is 10.6 Å². The van der Waals surface area contributed by atoms with Crippen LogP contribution in [0.5, 0.6) is 0 Å². The predicted molar refractivity (Wildman–Crippen MR) is 58.7 cm³/mol. The molecule has 0 spiro atoms. The Balaban J connectivity index is 2.83. The molecule has 0 saturated carbocycles. The van der Waals surface area contributed by atoms with Crippen molar-refractivity contribution < 1.29 is 13.2 Å². The van der Waals surface area contributed by atoms with E-state index in [1.54, 1.807) is 6.92 Å². The molecule has 88 valence electrons. The van der Waals surface area contributed by atoms with Crippen LogP contribution in [-0.4, -0.2) is 32.6 Å². The Kier molecular flexibility index (Phi) is 4.12. The van der Waals surface area contributed by atoms with E-state index >= 15 is 0 Å². The van der Waals surface area contributed by atoms with Crippen LogP contribution >= 0.6 is 0 Å². The molecule has 1 heterocycles. The van der Waals surface area contributed by atoms with Crippen molar-refractivity contribution in [3.63, 3.8) is 0 Å². The number of nitrogens with one attached hydrogen (secondary N) is 1. The van der Waals surface area contributed by atoms with Crippen LogP contribution in [0.15, 0.2) is 11.8 Å². The Morgan fingerprint density at radius 3 is 2.67 bits per heavy atom. The molecule has 0 aromatic carbocycles. The fourth-order valence-corrected chi connectivity index (χ4v) is 2.20. The number of hydrogen-bond donors (Lipinski definition) is 2. The predicted octanol–water partition coefficient (Wildman–Crippen LogP) is -0.0543. The molecule has 3 N–H and O–H groups in total. The zero-order chi connectivity index (χ0) is 11.5. The molecule has 1 rings (SSSR count). The molecule has 2 unspecified atom stereocenters. The SMILES string of the molecule is CC(C(NN)C1=CCCCO1)S(C)(=O)=O. The number of hydrogen-bond acceptors (Lipinski definition) is 5. The fourth-order valence-electron chi connectivity index (χ4n) is 1.49. The van der Waals surface area contributed by atoms with Crippen molar-refractivity contribution in [1.82, 2.24) is 5.43 Å². The summed E-state index contributed by atoms with van der Waals surface area (Å²) >= 11 is 0. The van der Waals surface area contributed by atoms with Crippen LogP contribution in [0.1, 0.15) is 19.8 Å². The maximum absolute atomic E-state index is 11.4. The second-order valence-corrected chi connectivity index (χ2v) is 6.18. The van der Waals surface area contributed by atoms with Crippen molar-refractivity contribution in [3.8, 4) is 0 Å². The minimum Gasteiger partial charge on any atom is -0.496 e. The van der Waals surface area contributed by atoms with Crippen LogP contribution in [0.25, 0.3) is 0 Å². The van der Waals surface area contributed by atoms with Gasteiger partial charge in [0.25, 0.3) is 0 Å². The molecule has 0 saturated heterocycles. The summed E-state index contributed by atoms with van der Waals surface area (Å²) in [4.78, 5) is 0. The Morgan fingerprint density at radius 2 is 2.27 bits per heavy atom. The average Bonchev–Trinajstić information content (AvgIpc) is 2.19. The highest BCUT2D eigenvalue weighted by molar-refractivity contribution is 7.91. The zero-order valence-corrected chi connectivity index (χ0v) is 9.88. The van der Waals surface area contributed by atoms with Gasteiger partial charge >= 0.3 is 0 Å². The number of rotatable bonds is 4. The lowest BCUT2D eigenvalue weighted by molar-refractivity contribution is 0.167. The summed E-state index contributed by atoms with van der Waals surface area (Å²) in [5.74, 6) is 6.01. The van der Waals surface area contributed by atoms with Gasteiger partial charge in [-0.2, -0.15) is 0 Å². The average molecular weight is 234 g/mol.